The molecule has 1 fully saturated rings. The van der Waals surface area contributed by atoms with Gasteiger partial charge in [0.15, 0.2) is 0 Å². The van der Waals surface area contributed by atoms with Gasteiger partial charge in [0, 0.05) is 0 Å². The molecule has 1 rings (SSSR count). The molecule has 18 heavy (non-hydrogen) atoms. The van der Waals surface area contributed by atoms with E-state index in [9.17, 15) is 16.8 Å². The molecule has 0 aromatic carbocycles. The highest BCUT2D eigenvalue weighted by molar-refractivity contribution is 7.93. The lowest BCUT2D eigenvalue weighted by Gasteiger charge is -2.20. The van der Waals surface area contributed by atoms with E-state index in [1.165, 1.54) is 0 Å². The standard InChI is InChI=1S/C10H20N2O4S2/c1-2-3-8-4-6-9(17(11,13)14)10(7-5-8)18(12,15)16/h2-3,8-10H,4-7H2,1H3,(H2,11,13,14)(H2,12,15,16)/b3-2+. The highest BCUT2D eigenvalue weighted by Crippen LogP contribution is 2.30. The molecule has 0 spiro atoms. The van der Waals surface area contributed by atoms with Crippen LogP contribution in [0.2, 0.25) is 0 Å². The highest BCUT2D eigenvalue weighted by Gasteiger charge is 2.40. The Morgan fingerprint density at radius 1 is 0.889 bits per heavy atom. The molecule has 0 aromatic rings. The van der Waals surface area contributed by atoms with Crippen LogP contribution in [0.3, 0.4) is 0 Å². The number of sulfonamides is 2. The van der Waals surface area contributed by atoms with Crippen LogP contribution in [-0.4, -0.2) is 27.3 Å². The van der Waals surface area contributed by atoms with E-state index in [0.29, 0.717) is 12.8 Å². The largest absolute Gasteiger partial charge is 0.228 e. The number of hydrogen-bond donors (Lipinski definition) is 2. The molecule has 0 heterocycles. The van der Waals surface area contributed by atoms with Crippen LogP contribution >= 0.6 is 0 Å². The van der Waals surface area contributed by atoms with Crippen molar-refractivity contribution in [1.29, 1.82) is 0 Å². The van der Waals surface area contributed by atoms with Gasteiger partial charge in [-0.2, -0.15) is 0 Å². The van der Waals surface area contributed by atoms with Crippen LogP contribution in [-0.2, 0) is 20.0 Å². The molecule has 8 heteroatoms. The van der Waals surface area contributed by atoms with E-state index in [2.05, 4.69) is 0 Å². The summed E-state index contributed by atoms with van der Waals surface area (Å²) < 4.78 is 46.0. The van der Waals surface area contributed by atoms with E-state index < -0.39 is 30.5 Å². The molecule has 2 unspecified atom stereocenters. The molecule has 0 aromatic heterocycles. The summed E-state index contributed by atoms with van der Waals surface area (Å²) in [5, 5.41) is 8.05. The first-order chi connectivity index (χ1) is 8.16. The van der Waals surface area contributed by atoms with Crippen molar-refractivity contribution < 1.29 is 16.8 Å². The molecule has 4 N–H and O–H groups in total. The van der Waals surface area contributed by atoms with Crippen LogP contribution in [0, 0.1) is 5.92 Å². The van der Waals surface area contributed by atoms with Crippen LogP contribution in [0.5, 0.6) is 0 Å². The van der Waals surface area contributed by atoms with Crippen LogP contribution < -0.4 is 10.3 Å². The molecule has 0 aliphatic heterocycles. The van der Waals surface area contributed by atoms with Gasteiger partial charge in [0.05, 0.1) is 10.5 Å². The number of primary sulfonamides is 2. The minimum atomic E-state index is -3.90. The van der Waals surface area contributed by atoms with Gasteiger partial charge in [-0.25, -0.2) is 27.1 Å². The van der Waals surface area contributed by atoms with Crippen molar-refractivity contribution in [1.82, 2.24) is 0 Å². The van der Waals surface area contributed by atoms with Gasteiger partial charge in [-0.3, -0.25) is 0 Å². The van der Waals surface area contributed by atoms with Crippen molar-refractivity contribution in [3.8, 4) is 0 Å². The van der Waals surface area contributed by atoms with E-state index in [1.807, 2.05) is 19.1 Å². The molecule has 1 saturated carbocycles. The molecule has 106 valence electrons. The Labute approximate surface area is 109 Å². The van der Waals surface area contributed by atoms with Crippen LogP contribution in [0.25, 0.3) is 0 Å². The lowest BCUT2D eigenvalue weighted by molar-refractivity contribution is 0.542. The Bertz CT molecular complexity index is 468. The molecule has 0 bridgehead atoms. The van der Waals surface area contributed by atoms with Gasteiger partial charge >= 0.3 is 0 Å². The van der Waals surface area contributed by atoms with Crippen LogP contribution in [0.1, 0.15) is 32.6 Å². The summed E-state index contributed by atoms with van der Waals surface area (Å²) in [7, 11) is -7.81. The summed E-state index contributed by atoms with van der Waals surface area (Å²) >= 11 is 0. The molecule has 0 radical (unpaired) electrons. The highest BCUT2D eigenvalue weighted by atomic mass is 32.2. The SMILES string of the molecule is C/C=C/C1CCC(S(N)(=O)=O)C(S(N)(=O)=O)CC1. The maximum Gasteiger partial charge on any atom is 0.213 e. The predicted octanol–water partition coefficient (Wildman–Crippen LogP) is 0.0669. The summed E-state index contributed by atoms with van der Waals surface area (Å²) in [6.07, 6.45) is 5.53. The molecular formula is C10H20N2O4S2. The van der Waals surface area contributed by atoms with Crippen LogP contribution in [0.15, 0.2) is 12.2 Å². The third kappa shape index (κ3) is 4.04. The van der Waals surface area contributed by atoms with Gasteiger partial charge in [-0.05, 0) is 38.5 Å². The normalized spacial score (nSPS) is 31.4. The molecule has 0 amide bonds. The second-order valence-corrected chi connectivity index (χ2v) is 8.26. The van der Waals surface area contributed by atoms with Crippen molar-refractivity contribution in [3.63, 3.8) is 0 Å². The zero-order valence-corrected chi connectivity index (χ0v) is 12.0. The third-order valence-electron chi connectivity index (χ3n) is 3.37. The minimum absolute atomic E-state index is 0.186. The molecular weight excluding hydrogens is 276 g/mol. The van der Waals surface area contributed by atoms with Crippen LogP contribution in [0.4, 0.5) is 0 Å². The molecule has 2 atom stereocenters. The number of rotatable bonds is 3. The second-order valence-electron chi connectivity index (χ2n) is 4.70. The summed E-state index contributed by atoms with van der Waals surface area (Å²) in [4.78, 5) is 0. The molecule has 6 nitrogen and oxygen atoms in total. The van der Waals surface area contributed by atoms with E-state index in [4.69, 9.17) is 10.3 Å². The Balaban J connectivity index is 3.06. The fraction of sp³-hybridized carbons (Fsp3) is 0.800. The average molecular weight is 296 g/mol. The zero-order valence-electron chi connectivity index (χ0n) is 10.3. The van der Waals surface area contributed by atoms with E-state index in [-0.39, 0.29) is 18.8 Å². The number of allylic oxidation sites excluding steroid dienone is 2. The first-order valence-corrected chi connectivity index (χ1v) is 9.04. The average Bonchev–Trinajstić information content (AvgIpc) is 2.39. The van der Waals surface area contributed by atoms with Crippen molar-refractivity contribution in [2.75, 3.05) is 0 Å². The van der Waals surface area contributed by atoms with E-state index in [1.54, 1.807) is 0 Å². The summed E-state index contributed by atoms with van der Waals surface area (Å²) in [5.74, 6) is 0.186. The Hall–Kier alpha value is -0.440. The Kier molecular flexibility index (Phi) is 4.93. The first-order valence-electron chi connectivity index (χ1n) is 5.82. The van der Waals surface area contributed by atoms with Crippen molar-refractivity contribution >= 4 is 20.0 Å². The maximum atomic E-state index is 11.5. The fourth-order valence-electron chi connectivity index (χ4n) is 2.49. The summed E-state index contributed by atoms with van der Waals surface area (Å²) in [6.45, 7) is 1.87. The fourth-order valence-corrected chi connectivity index (χ4v) is 5.47. The first kappa shape index (κ1) is 15.6. The topological polar surface area (TPSA) is 120 Å². The summed E-state index contributed by atoms with van der Waals surface area (Å²) in [6, 6.07) is 0. The van der Waals surface area contributed by atoms with Crippen molar-refractivity contribution in [3.05, 3.63) is 12.2 Å². The lowest BCUT2D eigenvalue weighted by atomic mass is 10.0. The van der Waals surface area contributed by atoms with Gasteiger partial charge in [-0.15, -0.1) is 0 Å². The molecule has 1 aliphatic rings. The number of nitrogens with two attached hydrogens (primary N) is 2. The smallest absolute Gasteiger partial charge is 0.213 e. The second kappa shape index (κ2) is 5.68. The van der Waals surface area contributed by atoms with Gasteiger partial charge in [0.25, 0.3) is 0 Å². The monoisotopic (exact) mass is 296 g/mol. The maximum absolute atomic E-state index is 11.5. The molecule has 1 aliphatic carbocycles. The summed E-state index contributed by atoms with van der Waals surface area (Å²) in [5.41, 5.74) is 0. The van der Waals surface area contributed by atoms with Crippen molar-refractivity contribution in [2.45, 2.75) is 43.1 Å². The van der Waals surface area contributed by atoms with E-state index >= 15 is 0 Å². The predicted molar refractivity (Wildman–Crippen MR) is 70.6 cm³/mol. The van der Waals surface area contributed by atoms with E-state index in [0.717, 1.165) is 0 Å². The van der Waals surface area contributed by atoms with Gasteiger partial charge in [-0.1, -0.05) is 12.2 Å². The van der Waals surface area contributed by atoms with Gasteiger partial charge in [0.2, 0.25) is 20.0 Å². The van der Waals surface area contributed by atoms with Gasteiger partial charge < -0.3 is 0 Å². The minimum Gasteiger partial charge on any atom is -0.228 e. The quantitative estimate of drug-likeness (QED) is 0.565. The lowest BCUT2D eigenvalue weighted by Crippen LogP contribution is -2.44. The third-order valence-corrected chi connectivity index (χ3v) is 6.36. The van der Waals surface area contributed by atoms with Gasteiger partial charge in [0.1, 0.15) is 0 Å². The Morgan fingerprint density at radius 2 is 1.28 bits per heavy atom. The number of hydrogen-bond acceptors (Lipinski definition) is 4. The molecule has 0 saturated heterocycles. The van der Waals surface area contributed by atoms with Crippen molar-refractivity contribution in [2.24, 2.45) is 16.2 Å². The zero-order chi connectivity index (χ0) is 14.0. The Morgan fingerprint density at radius 3 is 1.56 bits per heavy atom.